The maximum absolute atomic E-state index is 13.4. The quantitative estimate of drug-likeness (QED) is 0.0153. The summed E-state index contributed by atoms with van der Waals surface area (Å²) in [6.07, 6.45) is 3.91. The Morgan fingerprint density at radius 3 is 0.631 bits per heavy atom. The Morgan fingerprint density at radius 1 is 0.238 bits per heavy atom. The molecule has 12 aromatic rings. The van der Waals surface area contributed by atoms with E-state index in [2.05, 4.69) is 21.3 Å². The fraction of sp³-hybridized carbons (Fsp3) is 0.241. The van der Waals surface area contributed by atoms with Gasteiger partial charge in [-0.05, 0) is 205 Å². The summed E-state index contributed by atoms with van der Waals surface area (Å²) in [7, 11) is 0. The van der Waals surface area contributed by atoms with Crippen LogP contribution < -0.4 is 21.3 Å². The topological polar surface area (TPSA) is 278 Å². The molecule has 0 saturated heterocycles. The molecule has 0 radical (unpaired) electrons. The van der Waals surface area contributed by atoms with Crippen LogP contribution in [-0.4, -0.2) is 120 Å². The molecule has 0 fully saturated rings. The van der Waals surface area contributed by atoms with E-state index < -0.39 is 59.6 Å². The zero-order valence-corrected chi connectivity index (χ0v) is 72.6. The molecule has 8 atom stereocenters. The minimum Gasteiger partial charge on any atom is -0.466 e. The van der Waals surface area contributed by atoms with Gasteiger partial charge in [0.15, 0.2) is 23.1 Å². The maximum Gasteiger partial charge on any atom is 0.302 e. The Bertz CT molecular complexity index is 5490. The van der Waals surface area contributed by atoms with Gasteiger partial charge >= 0.3 is 11.9 Å². The molecule has 4 amide bonds. The molecular weight excluding hydrogens is 1650 g/mol. The molecule has 0 saturated carbocycles. The zero-order valence-electron chi connectivity index (χ0n) is 72.6. The lowest BCUT2D eigenvalue weighted by Gasteiger charge is -2.22. The van der Waals surface area contributed by atoms with E-state index in [0.29, 0.717) is 49.7 Å². The number of nitrogens with one attached hydrogen (secondary N) is 4. The summed E-state index contributed by atoms with van der Waals surface area (Å²) in [5, 5.41) is 30.9. The monoisotopic (exact) mass is 1760 g/mol. The van der Waals surface area contributed by atoms with Gasteiger partial charge in [0, 0.05) is 86.8 Å². The minimum absolute atomic E-state index is 0.103. The number of benzene rings is 12. The van der Waals surface area contributed by atoms with Crippen molar-refractivity contribution < 1.29 is 85.2 Å². The molecule has 672 valence electrons. The molecule has 0 spiro atoms. The average Bonchev–Trinajstić information content (AvgIpc) is 0.859. The van der Waals surface area contributed by atoms with Crippen molar-refractivity contribution in [1.82, 2.24) is 21.3 Å². The van der Waals surface area contributed by atoms with Crippen LogP contribution in [0.25, 0.3) is 0 Å². The molecule has 12 rings (SSSR count). The number of carbonyl (C=O) groups excluding carboxylic acids is 10. The third-order valence-corrected chi connectivity index (χ3v) is 21.3. The van der Waals surface area contributed by atoms with Crippen LogP contribution >= 0.6 is 0 Å². The molecule has 0 aromatic heterocycles. The third kappa shape index (κ3) is 36.3. The fourth-order valence-electron chi connectivity index (χ4n) is 14.5. The Labute approximate surface area is 756 Å². The van der Waals surface area contributed by atoms with Crippen molar-refractivity contribution in [3.05, 3.63) is 430 Å². The second-order valence-corrected chi connectivity index (χ2v) is 31.8. The standard InChI is InChI=1S/2C28H28FNO4.2C26H26FNO3/c1-20(31)34-19-23(16-21-8-4-2-5-9-21)18-27(32)26(17-22-12-14-25(29)15-13-22)30-28(33)24-10-6-3-7-11-24;1-20(31)34-19-23(16-21-8-4-2-5-9-21)18-27(32)26(17-22-10-6-3-7-11-22)30-28(33)24-12-14-25(29)15-13-24;27-23-13-11-20(12-14-23)16-24(28-26(31)22-9-5-2-6-10-22)25(30)17-21(18-29)15-19-7-3-1-4-8-19;27-23-13-11-22(12-14-23)26(31)28-24(16-20-9-5-2-6-10-20)25(30)17-21(18-29)15-19-7-3-1-4-8-19/h2*2-15,23,26H,16-19H2,1H3,(H,30,33);2*1-14,21,24,29H,15-18H2,(H,28,31)/t2*23-,26+;2*21-,24+/m1111/s1. The number of aliphatic hydroxyl groups excluding tert-OH is 2. The first-order chi connectivity index (χ1) is 62.9. The number of ether oxygens (including phenoxy) is 2. The summed E-state index contributed by atoms with van der Waals surface area (Å²) in [5.41, 5.74) is 8.90. The van der Waals surface area contributed by atoms with Crippen LogP contribution in [0.1, 0.15) is 125 Å². The predicted octanol–water partition coefficient (Wildman–Crippen LogP) is 17.1. The molecule has 0 aliphatic heterocycles. The summed E-state index contributed by atoms with van der Waals surface area (Å²) < 4.78 is 63.5. The number of hydrogen-bond acceptors (Lipinski definition) is 14. The Balaban J connectivity index is 0.000000195. The van der Waals surface area contributed by atoms with E-state index in [4.69, 9.17) is 9.47 Å². The van der Waals surface area contributed by atoms with Crippen molar-refractivity contribution in [2.45, 2.75) is 115 Å². The van der Waals surface area contributed by atoms with Crippen LogP contribution in [0, 0.1) is 46.9 Å². The van der Waals surface area contributed by atoms with Crippen molar-refractivity contribution in [2.24, 2.45) is 23.7 Å². The van der Waals surface area contributed by atoms with Crippen molar-refractivity contribution in [2.75, 3.05) is 26.4 Å². The Hall–Kier alpha value is -14.2. The van der Waals surface area contributed by atoms with E-state index in [1.165, 1.54) is 86.6 Å². The second kappa shape index (κ2) is 54.1. The Kier molecular flexibility index (Phi) is 41.4. The van der Waals surface area contributed by atoms with Gasteiger partial charge in [0.05, 0.1) is 37.4 Å². The lowest BCUT2D eigenvalue weighted by atomic mass is 9.90. The van der Waals surface area contributed by atoms with E-state index in [1.807, 2.05) is 188 Å². The first-order valence-corrected chi connectivity index (χ1v) is 43.1. The SMILES string of the molecule is CC(=O)OC[C@@H](CC(=O)[C@H](Cc1ccc(F)cc1)NC(=O)c1ccccc1)Cc1ccccc1.CC(=O)OC[C@@H](CC(=O)[C@H](Cc1ccccc1)NC(=O)c1ccc(F)cc1)Cc1ccccc1.O=C(N[C@@H](Cc1ccc(F)cc1)C(=O)C[C@H](CO)Cc1ccccc1)c1ccccc1.O=C(N[C@@H](Cc1ccccc1)C(=O)C[C@H](CO)Cc1ccccc1)c1ccc(F)cc1. The van der Waals surface area contributed by atoms with Crippen LogP contribution in [-0.2, 0) is 89.6 Å². The molecular formula is C108H108F4N4O14. The van der Waals surface area contributed by atoms with Gasteiger partial charge in [0.1, 0.15) is 23.3 Å². The summed E-state index contributed by atoms with van der Waals surface area (Å²) in [6.45, 7) is 2.63. The van der Waals surface area contributed by atoms with Gasteiger partial charge in [-0.1, -0.05) is 243 Å². The molecule has 0 bridgehead atoms. The molecule has 0 aliphatic carbocycles. The molecule has 18 nitrogen and oxygen atoms in total. The summed E-state index contributed by atoms with van der Waals surface area (Å²) in [5.74, 6) is -5.63. The second-order valence-electron chi connectivity index (χ2n) is 31.8. The number of Topliss-reactive ketones (excluding diaryl/α,β-unsaturated/α-hetero) is 4. The molecule has 0 heterocycles. The summed E-state index contributed by atoms with van der Waals surface area (Å²) in [4.78, 5) is 127. The molecule has 6 N–H and O–H groups in total. The fourth-order valence-corrected chi connectivity index (χ4v) is 14.5. The van der Waals surface area contributed by atoms with Crippen LogP contribution in [0.15, 0.2) is 340 Å². The van der Waals surface area contributed by atoms with Gasteiger partial charge in [-0.2, -0.15) is 0 Å². The Morgan fingerprint density at radius 2 is 0.415 bits per heavy atom. The number of ketones is 4. The number of rotatable bonds is 42. The number of carbonyl (C=O) groups is 10. The molecule has 22 heteroatoms. The van der Waals surface area contributed by atoms with Crippen LogP contribution in [0.4, 0.5) is 17.6 Å². The molecule has 0 unspecified atom stereocenters. The normalized spacial score (nSPS) is 12.6. The summed E-state index contributed by atoms with van der Waals surface area (Å²) in [6, 6.07) is 93.9. The first kappa shape index (κ1) is 99.6. The highest BCUT2D eigenvalue weighted by Crippen LogP contribution is 2.24. The molecule has 130 heavy (non-hydrogen) atoms. The van der Waals surface area contributed by atoms with Crippen LogP contribution in [0.2, 0.25) is 0 Å². The number of amides is 4. The van der Waals surface area contributed by atoms with Crippen molar-refractivity contribution >= 4 is 58.7 Å². The highest BCUT2D eigenvalue weighted by Gasteiger charge is 2.31. The average molecular weight is 1760 g/mol. The van der Waals surface area contributed by atoms with E-state index in [0.717, 1.165) is 44.5 Å². The molecule has 12 aromatic carbocycles. The lowest BCUT2D eigenvalue weighted by molar-refractivity contribution is -0.143. The van der Waals surface area contributed by atoms with Crippen molar-refractivity contribution in [1.29, 1.82) is 0 Å². The van der Waals surface area contributed by atoms with Gasteiger partial charge in [-0.25, -0.2) is 17.6 Å². The number of hydrogen-bond donors (Lipinski definition) is 6. The van der Waals surface area contributed by atoms with Gasteiger partial charge in [-0.3, -0.25) is 47.9 Å². The van der Waals surface area contributed by atoms with Gasteiger partial charge in [-0.15, -0.1) is 0 Å². The highest BCUT2D eigenvalue weighted by molar-refractivity contribution is 6.00. The largest absolute Gasteiger partial charge is 0.466 e. The first-order valence-electron chi connectivity index (χ1n) is 43.1. The predicted molar refractivity (Wildman–Crippen MR) is 492 cm³/mol. The highest BCUT2D eigenvalue weighted by atomic mass is 19.1. The lowest BCUT2D eigenvalue weighted by Crippen LogP contribution is -2.43. The smallest absolute Gasteiger partial charge is 0.302 e. The van der Waals surface area contributed by atoms with E-state index in [1.54, 1.807) is 78.9 Å². The van der Waals surface area contributed by atoms with E-state index >= 15 is 0 Å². The number of esters is 2. The van der Waals surface area contributed by atoms with Crippen molar-refractivity contribution in [3.8, 4) is 0 Å². The maximum atomic E-state index is 13.4. The van der Waals surface area contributed by atoms with Crippen LogP contribution in [0.5, 0.6) is 0 Å². The number of aliphatic hydroxyl groups is 2. The summed E-state index contributed by atoms with van der Waals surface area (Å²) >= 11 is 0. The molecule has 0 aliphatic rings. The zero-order chi connectivity index (χ0) is 92.8. The van der Waals surface area contributed by atoms with Crippen molar-refractivity contribution in [3.63, 3.8) is 0 Å². The number of halogens is 4. The van der Waals surface area contributed by atoms with Gasteiger partial charge < -0.3 is 41.0 Å². The van der Waals surface area contributed by atoms with Gasteiger partial charge in [0.2, 0.25) is 0 Å². The third-order valence-electron chi connectivity index (χ3n) is 21.3. The minimum atomic E-state index is -0.811. The van der Waals surface area contributed by atoms with Crippen LogP contribution in [0.3, 0.4) is 0 Å². The van der Waals surface area contributed by atoms with Gasteiger partial charge in [0.25, 0.3) is 23.6 Å². The van der Waals surface area contributed by atoms with E-state index in [-0.39, 0.29) is 146 Å². The van der Waals surface area contributed by atoms with E-state index in [9.17, 15) is 75.7 Å².